The molecule has 0 aromatic heterocycles. The standard InChI is InChI=1S/C15H22F2N2O2/c1-4-15(21,5-2)9-18-14(20)19-10(3)12-7-6-11(16)8-13(12)17/h6-8,10,21H,4-5,9H2,1-3H3,(H2,18,19,20). The van der Waals surface area contributed by atoms with Gasteiger partial charge < -0.3 is 15.7 Å². The zero-order valence-electron chi connectivity index (χ0n) is 12.5. The van der Waals surface area contributed by atoms with Crippen LogP contribution in [0.25, 0.3) is 0 Å². The number of benzene rings is 1. The first kappa shape index (κ1) is 17.4. The molecular formula is C15H22F2N2O2. The Morgan fingerprint density at radius 3 is 2.48 bits per heavy atom. The molecule has 1 rings (SSSR count). The fourth-order valence-corrected chi connectivity index (χ4v) is 1.92. The lowest BCUT2D eigenvalue weighted by atomic mass is 9.98. The monoisotopic (exact) mass is 300 g/mol. The molecule has 0 saturated carbocycles. The van der Waals surface area contributed by atoms with Crippen LogP contribution in [0.2, 0.25) is 0 Å². The van der Waals surface area contributed by atoms with Crippen LogP contribution in [0.15, 0.2) is 18.2 Å². The third kappa shape index (κ3) is 4.97. The molecule has 2 amide bonds. The van der Waals surface area contributed by atoms with Gasteiger partial charge in [0.25, 0.3) is 0 Å². The van der Waals surface area contributed by atoms with Gasteiger partial charge >= 0.3 is 6.03 Å². The van der Waals surface area contributed by atoms with E-state index >= 15 is 0 Å². The second-order valence-electron chi connectivity index (χ2n) is 5.15. The van der Waals surface area contributed by atoms with Gasteiger partial charge in [-0.25, -0.2) is 13.6 Å². The van der Waals surface area contributed by atoms with Gasteiger partial charge in [0, 0.05) is 18.2 Å². The molecule has 0 fully saturated rings. The van der Waals surface area contributed by atoms with E-state index in [0.717, 1.165) is 12.1 Å². The molecule has 6 heteroatoms. The number of halogens is 2. The van der Waals surface area contributed by atoms with Crippen molar-refractivity contribution in [3.8, 4) is 0 Å². The fraction of sp³-hybridized carbons (Fsp3) is 0.533. The summed E-state index contributed by atoms with van der Waals surface area (Å²) in [7, 11) is 0. The molecule has 0 heterocycles. The zero-order valence-corrected chi connectivity index (χ0v) is 12.5. The van der Waals surface area contributed by atoms with Crippen molar-refractivity contribution in [2.24, 2.45) is 0 Å². The summed E-state index contributed by atoms with van der Waals surface area (Å²) in [6.45, 7) is 5.38. The Morgan fingerprint density at radius 2 is 1.95 bits per heavy atom. The molecule has 21 heavy (non-hydrogen) atoms. The molecule has 118 valence electrons. The van der Waals surface area contributed by atoms with E-state index < -0.39 is 29.3 Å². The van der Waals surface area contributed by atoms with Gasteiger partial charge in [-0.3, -0.25) is 0 Å². The first-order valence-corrected chi connectivity index (χ1v) is 7.03. The highest BCUT2D eigenvalue weighted by Gasteiger charge is 2.23. The Kier molecular flexibility index (Phi) is 6.08. The Balaban J connectivity index is 2.58. The lowest BCUT2D eigenvalue weighted by Gasteiger charge is -2.26. The third-order valence-corrected chi connectivity index (χ3v) is 3.67. The van der Waals surface area contributed by atoms with Crippen LogP contribution in [-0.2, 0) is 0 Å². The highest BCUT2D eigenvalue weighted by molar-refractivity contribution is 5.74. The molecule has 0 spiro atoms. The minimum absolute atomic E-state index is 0.116. The Bertz CT molecular complexity index is 491. The van der Waals surface area contributed by atoms with Crippen LogP contribution in [0.5, 0.6) is 0 Å². The van der Waals surface area contributed by atoms with Crippen molar-refractivity contribution in [1.82, 2.24) is 10.6 Å². The molecule has 0 radical (unpaired) electrons. The Labute approximate surface area is 123 Å². The van der Waals surface area contributed by atoms with Crippen LogP contribution in [0, 0.1) is 11.6 Å². The number of urea groups is 1. The lowest BCUT2D eigenvalue weighted by molar-refractivity contribution is 0.0349. The average molecular weight is 300 g/mol. The smallest absolute Gasteiger partial charge is 0.315 e. The summed E-state index contributed by atoms with van der Waals surface area (Å²) in [5, 5.41) is 15.2. The summed E-state index contributed by atoms with van der Waals surface area (Å²) < 4.78 is 26.4. The van der Waals surface area contributed by atoms with Crippen molar-refractivity contribution in [1.29, 1.82) is 0 Å². The van der Waals surface area contributed by atoms with Gasteiger partial charge in [0.15, 0.2) is 0 Å². The number of carbonyl (C=O) groups excluding carboxylic acids is 1. The van der Waals surface area contributed by atoms with Gasteiger partial charge in [-0.2, -0.15) is 0 Å². The first-order chi connectivity index (χ1) is 9.81. The maximum atomic E-state index is 13.6. The van der Waals surface area contributed by atoms with Crippen molar-refractivity contribution in [2.75, 3.05) is 6.54 Å². The fourth-order valence-electron chi connectivity index (χ4n) is 1.92. The number of amides is 2. The molecule has 3 N–H and O–H groups in total. The number of nitrogens with one attached hydrogen (secondary N) is 2. The SMILES string of the molecule is CCC(O)(CC)CNC(=O)NC(C)c1ccc(F)cc1F. The van der Waals surface area contributed by atoms with Crippen LogP contribution < -0.4 is 10.6 Å². The predicted molar refractivity (Wildman–Crippen MR) is 76.8 cm³/mol. The van der Waals surface area contributed by atoms with E-state index in [1.807, 2.05) is 13.8 Å². The second kappa shape index (κ2) is 7.36. The highest BCUT2D eigenvalue weighted by atomic mass is 19.1. The van der Waals surface area contributed by atoms with Gasteiger partial charge in [0.1, 0.15) is 11.6 Å². The second-order valence-corrected chi connectivity index (χ2v) is 5.15. The predicted octanol–water partition coefficient (Wildman–Crippen LogP) is 2.88. The van der Waals surface area contributed by atoms with Gasteiger partial charge in [0.2, 0.25) is 0 Å². The first-order valence-electron chi connectivity index (χ1n) is 7.03. The van der Waals surface area contributed by atoms with E-state index in [4.69, 9.17) is 0 Å². The number of carbonyl (C=O) groups is 1. The zero-order chi connectivity index (χ0) is 16.0. The van der Waals surface area contributed by atoms with Crippen LogP contribution in [0.3, 0.4) is 0 Å². The summed E-state index contributed by atoms with van der Waals surface area (Å²) in [5.41, 5.74) is -0.741. The summed E-state index contributed by atoms with van der Waals surface area (Å²) >= 11 is 0. The Morgan fingerprint density at radius 1 is 1.33 bits per heavy atom. The van der Waals surface area contributed by atoms with E-state index in [9.17, 15) is 18.7 Å². The minimum Gasteiger partial charge on any atom is -0.388 e. The molecule has 0 aliphatic heterocycles. The molecule has 0 bridgehead atoms. The normalized spacial score (nSPS) is 12.9. The van der Waals surface area contributed by atoms with E-state index in [2.05, 4.69) is 10.6 Å². The average Bonchev–Trinajstić information content (AvgIpc) is 2.44. The summed E-state index contributed by atoms with van der Waals surface area (Å²) in [4.78, 5) is 11.8. The summed E-state index contributed by atoms with van der Waals surface area (Å²) in [5.74, 6) is -1.37. The number of rotatable bonds is 6. The highest BCUT2D eigenvalue weighted by Crippen LogP contribution is 2.17. The van der Waals surface area contributed by atoms with Crippen molar-refractivity contribution >= 4 is 6.03 Å². The number of hydrogen-bond acceptors (Lipinski definition) is 2. The molecular weight excluding hydrogens is 278 g/mol. The molecule has 0 saturated heterocycles. The van der Waals surface area contributed by atoms with Crippen LogP contribution in [0.1, 0.15) is 45.2 Å². The lowest BCUT2D eigenvalue weighted by Crippen LogP contribution is -2.46. The van der Waals surface area contributed by atoms with E-state index in [-0.39, 0.29) is 12.1 Å². The molecule has 4 nitrogen and oxygen atoms in total. The van der Waals surface area contributed by atoms with Crippen molar-refractivity contribution in [3.05, 3.63) is 35.4 Å². The Hall–Kier alpha value is -1.69. The van der Waals surface area contributed by atoms with Gasteiger partial charge in [-0.15, -0.1) is 0 Å². The molecule has 0 aliphatic carbocycles. The van der Waals surface area contributed by atoms with Crippen LogP contribution in [0.4, 0.5) is 13.6 Å². The van der Waals surface area contributed by atoms with Crippen molar-refractivity contribution in [2.45, 2.75) is 45.3 Å². The van der Waals surface area contributed by atoms with E-state index in [1.54, 1.807) is 6.92 Å². The van der Waals surface area contributed by atoms with E-state index in [0.29, 0.717) is 12.8 Å². The summed E-state index contributed by atoms with van der Waals surface area (Å²) in [6.07, 6.45) is 1.04. The topological polar surface area (TPSA) is 61.4 Å². The number of aliphatic hydroxyl groups is 1. The third-order valence-electron chi connectivity index (χ3n) is 3.67. The molecule has 1 unspecified atom stereocenters. The molecule has 0 aliphatic rings. The van der Waals surface area contributed by atoms with Crippen LogP contribution >= 0.6 is 0 Å². The maximum Gasteiger partial charge on any atom is 0.315 e. The van der Waals surface area contributed by atoms with Gasteiger partial charge in [-0.05, 0) is 25.8 Å². The van der Waals surface area contributed by atoms with Gasteiger partial charge in [-0.1, -0.05) is 19.9 Å². The van der Waals surface area contributed by atoms with Crippen molar-refractivity contribution in [3.63, 3.8) is 0 Å². The minimum atomic E-state index is -0.943. The quantitative estimate of drug-likeness (QED) is 0.756. The molecule has 1 aromatic carbocycles. The van der Waals surface area contributed by atoms with E-state index in [1.165, 1.54) is 6.07 Å². The maximum absolute atomic E-state index is 13.6. The molecule has 1 atom stereocenters. The number of hydrogen-bond donors (Lipinski definition) is 3. The largest absolute Gasteiger partial charge is 0.388 e. The van der Waals surface area contributed by atoms with Crippen molar-refractivity contribution < 1.29 is 18.7 Å². The van der Waals surface area contributed by atoms with Crippen LogP contribution in [-0.4, -0.2) is 23.3 Å². The molecule has 1 aromatic rings. The van der Waals surface area contributed by atoms with Gasteiger partial charge in [0.05, 0.1) is 11.6 Å². The summed E-state index contributed by atoms with van der Waals surface area (Å²) in [6, 6.07) is 2.09.